The van der Waals surface area contributed by atoms with Crippen LogP contribution in [-0.4, -0.2) is 85.9 Å². The number of amides is 2. The number of ether oxygens (including phenoxy) is 2. The summed E-state index contributed by atoms with van der Waals surface area (Å²) in [5, 5.41) is 35.3. The van der Waals surface area contributed by atoms with Gasteiger partial charge in [-0.3, -0.25) is 14.5 Å². The van der Waals surface area contributed by atoms with Crippen molar-refractivity contribution in [1.82, 2.24) is 20.9 Å². The molecular formula is C32H39FN4O7. The third-order valence-corrected chi connectivity index (χ3v) is 10.2. The monoisotopic (exact) mass is 610 g/mol. The molecule has 2 aromatic rings. The summed E-state index contributed by atoms with van der Waals surface area (Å²) in [5.74, 6) is -0.201. The SMILES string of the molecule is O=C1C[C@@H](O[C@@H]2O[C@H](CO)[C@H](O)[C@H](N3NNC(c4cccc(F)c4)C34CCCC3CC3C4)[C@H]2O)C(=O)N1Cc1ccccc1. The molecule has 2 aliphatic carbocycles. The van der Waals surface area contributed by atoms with Crippen molar-refractivity contribution in [2.24, 2.45) is 11.8 Å². The van der Waals surface area contributed by atoms with Gasteiger partial charge in [0, 0.05) is 0 Å². The van der Waals surface area contributed by atoms with Crippen molar-refractivity contribution in [3.8, 4) is 0 Å². The van der Waals surface area contributed by atoms with Gasteiger partial charge in [-0.15, -0.1) is 0 Å². The Morgan fingerprint density at radius 1 is 1.07 bits per heavy atom. The van der Waals surface area contributed by atoms with Gasteiger partial charge in [0.2, 0.25) is 5.91 Å². The van der Waals surface area contributed by atoms with Gasteiger partial charge in [0.05, 0.1) is 37.2 Å². The lowest BCUT2D eigenvalue weighted by molar-refractivity contribution is -0.306. The number of imide groups is 1. The molecule has 0 radical (unpaired) electrons. The first-order valence-corrected chi connectivity index (χ1v) is 15.5. The van der Waals surface area contributed by atoms with Crippen LogP contribution >= 0.6 is 0 Å². The highest BCUT2D eigenvalue weighted by molar-refractivity contribution is 6.04. The smallest absolute Gasteiger partial charge is 0.259 e. The first-order valence-electron chi connectivity index (χ1n) is 15.5. The van der Waals surface area contributed by atoms with Crippen LogP contribution in [0.3, 0.4) is 0 Å². The maximum atomic E-state index is 14.4. The molecule has 7 rings (SSSR count). The Balaban J connectivity index is 1.16. The van der Waals surface area contributed by atoms with Crippen LogP contribution in [-0.2, 0) is 25.6 Å². The number of aliphatic hydroxyl groups excluding tert-OH is 3. The van der Waals surface area contributed by atoms with E-state index in [-0.39, 0.29) is 24.8 Å². The fraction of sp³-hybridized carbons (Fsp3) is 0.562. The second-order valence-electron chi connectivity index (χ2n) is 12.9. The maximum absolute atomic E-state index is 14.4. The molecule has 1 spiro atoms. The van der Waals surface area contributed by atoms with Crippen LogP contribution in [0.2, 0.25) is 0 Å². The highest BCUT2D eigenvalue weighted by Crippen LogP contribution is 2.56. The van der Waals surface area contributed by atoms with Crippen LogP contribution in [0.15, 0.2) is 54.6 Å². The molecule has 3 saturated heterocycles. The lowest BCUT2D eigenvalue weighted by Crippen LogP contribution is -2.70. The third kappa shape index (κ3) is 5.27. The highest BCUT2D eigenvalue weighted by atomic mass is 19.1. The Morgan fingerprint density at radius 3 is 2.66 bits per heavy atom. The van der Waals surface area contributed by atoms with Crippen LogP contribution in [0, 0.1) is 17.7 Å². The number of hydrazine groups is 2. The number of aliphatic hydroxyl groups is 3. The number of halogens is 1. The van der Waals surface area contributed by atoms with Crippen molar-refractivity contribution in [2.75, 3.05) is 6.61 Å². The first-order chi connectivity index (χ1) is 21.3. The number of likely N-dealkylation sites (tertiary alicyclic amines) is 1. The summed E-state index contributed by atoms with van der Waals surface area (Å²) in [5.41, 5.74) is 7.41. The zero-order valence-electron chi connectivity index (χ0n) is 24.3. The molecule has 5 fully saturated rings. The largest absolute Gasteiger partial charge is 0.394 e. The number of nitrogens with one attached hydrogen (secondary N) is 2. The summed E-state index contributed by atoms with van der Waals surface area (Å²) < 4.78 is 26.2. The second kappa shape index (κ2) is 11.8. The van der Waals surface area contributed by atoms with E-state index in [9.17, 15) is 29.3 Å². The van der Waals surface area contributed by atoms with E-state index in [1.165, 1.54) is 12.1 Å². The Hall–Kier alpha value is -2.81. The minimum Gasteiger partial charge on any atom is -0.394 e. The van der Waals surface area contributed by atoms with Gasteiger partial charge in [-0.1, -0.05) is 55.3 Å². The summed E-state index contributed by atoms with van der Waals surface area (Å²) in [6.07, 6.45) is -2.16. The number of carbonyl (C=O) groups is 2. The minimum atomic E-state index is -1.46. The molecule has 12 heteroatoms. The van der Waals surface area contributed by atoms with Crippen LogP contribution in [0.5, 0.6) is 0 Å². The summed E-state index contributed by atoms with van der Waals surface area (Å²) in [6, 6.07) is 14.2. The predicted molar refractivity (Wildman–Crippen MR) is 153 cm³/mol. The molecule has 4 unspecified atom stereocenters. The predicted octanol–water partition coefficient (Wildman–Crippen LogP) is 1.29. The maximum Gasteiger partial charge on any atom is 0.259 e. The lowest BCUT2D eigenvalue weighted by atomic mass is 9.76. The number of hydrogen-bond donors (Lipinski definition) is 5. The Labute approximate surface area is 254 Å². The molecule has 5 N–H and O–H groups in total. The normalized spacial score (nSPS) is 39.1. The topological polar surface area (TPSA) is 144 Å². The third-order valence-electron chi connectivity index (χ3n) is 10.2. The van der Waals surface area contributed by atoms with E-state index in [2.05, 4.69) is 11.0 Å². The Kier molecular flexibility index (Phi) is 8.04. The Morgan fingerprint density at radius 2 is 1.89 bits per heavy atom. The van der Waals surface area contributed by atoms with Crippen LogP contribution < -0.4 is 11.0 Å². The van der Waals surface area contributed by atoms with E-state index in [1.807, 2.05) is 41.4 Å². The second-order valence-corrected chi connectivity index (χ2v) is 12.9. The quantitative estimate of drug-likeness (QED) is 0.291. The van der Waals surface area contributed by atoms with Crippen molar-refractivity contribution < 1.29 is 38.8 Å². The van der Waals surface area contributed by atoms with Gasteiger partial charge in [0.25, 0.3) is 5.91 Å². The van der Waals surface area contributed by atoms with Crippen molar-refractivity contribution >= 4 is 11.8 Å². The molecule has 2 amide bonds. The average molecular weight is 611 g/mol. The number of hydrogen-bond acceptors (Lipinski definition) is 10. The number of fused-ring (bicyclic) bond motifs is 1. The van der Waals surface area contributed by atoms with Crippen LogP contribution in [0.25, 0.3) is 0 Å². The van der Waals surface area contributed by atoms with Crippen molar-refractivity contribution in [3.05, 3.63) is 71.5 Å². The van der Waals surface area contributed by atoms with E-state index < -0.39 is 60.7 Å². The van der Waals surface area contributed by atoms with E-state index in [0.717, 1.165) is 48.1 Å². The van der Waals surface area contributed by atoms with E-state index in [1.54, 1.807) is 6.07 Å². The van der Waals surface area contributed by atoms with E-state index >= 15 is 0 Å². The molecule has 2 saturated carbocycles. The molecule has 0 aromatic heterocycles. The van der Waals surface area contributed by atoms with Gasteiger partial charge < -0.3 is 24.8 Å². The minimum absolute atomic E-state index is 0.0998. The molecule has 11 nitrogen and oxygen atoms in total. The van der Waals surface area contributed by atoms with Crippen molar-refractivity contribution in [2.45, 2.75) is 93.4 Å². The molecule has 10 atom stereocenters. The Bertz CT molecular complexity index is 1390. The average Bonchev–Trinajstić information content (AvgIpc) is 3.61. The number of carbonyl (C=O) groups excluding carboxylic acids is 2. The van der Waals surface area contributed by atoms with Crippen molar-refractivity contribution in [3.63, 3.8) is 0 Å². The number of benzene rings is 2. The molecular weight excluding hydrogens is 571 g/mol. The van der Waals surface area contributed by atoms with Gasteiger partial charge in [-0.25, -0.2) is 14.8 Å². The highest BCUT2D eigenvalue weighted by Gasteiger charge is 2.61. The summed E-state index contributed by atoms with van der Waals surface area (Å²) in [4.78, 5) is 27.2. The molecule has 44 heavy (non-hydrogen) atoms. The number of nitrogens with zero attached hydrogens (tertiary/aromatic N) is 2. The van der Waals surface area contributed by atoms with Gasteiger partial charge in [-0.2, -0.15) is 5.53 Å². The fourth-order valence-electron chi connectivity index (χ4n) is 7.93. The zero-order valence-corrected chi connectivity index (χ0v) is 24.3. The van der Waals surface area contributed by atoms with Crippen molar-refractivity contribution in [1.29, 1.82) is 0 Å². The first kappa shape index (κ1) is 29.9. The van der Waals surface area contributed by atoms with Crippen LogP contribution in [0.4, 0.5) is 4.39 Å². The fourth-order valence-corrected chi connectivity index (χ4v) is 7.93. The molecule has 2 aromatic carbocycles. The van der Waals surface area contributed by atoms with Gasteiger partial charge in [0.15, 0.2) is 6.29 Å². The molecule has 0 bridgehead atoms. The van der Waals surface area contributed by atoms with Gasteiger partial charge >= 0.3 is 0 Å². The number of rotatable bonds is 7. The van der Waals surface area contributed by atoms with Gasteiger partial charge in [0.1, 0.15) is 30.2 Å². The summed E-state index contributed by atoms with van der Waals surface area (Å²) >= 11 is 0. The van der Waals surface area contributed by atoms with E-state index in [0.29, 0.717) is 11.8 Å². The van der Waals surface area contributed by atoms with E-state index in [4.69, 9.17) is 9.47 Å². The molecule has 5 aliphatic rings. The molecule has 236 valence electrons. The molecule has 3 heterocycles. The molecule has 3 aliphatic heterocycles. The summed E-state index contributed by atoms with van der Waals surface area (Å²) in [6.45, 7) is -0.462. The summed E-state index contributed by atoms with van der Waals surface area (Å²) in [7, 11) is 0. The van der Waals surface area contributed by atoms with Gasteiger partial charge in [-0.05, 0) is 54.4 Å². The lowest BCUT2D eigenvalue weighted by Gasteiger charge is -2.51. The standard InChI is InChI=1S/C32H39FN4O7/c33-22-10-4-8-20(13-22)29-32(11-5-9-19-12-21(19)15-32)37(35-34-29)26-27(40)24(17-38)44-31(28(26)41)43-23-14-25(39)36(30(23)42)16-18-6-2-1-3-7-18/h1-4,6-8,10,13,19,21,23-24,26-29,31,34-35,38,40-41H,5,9,11-12,14-17H2/t19?,21?,23-,24-,26+,27+,28-,29?,31-,32?/m1/s1. The zero-order chi connectivity index (χ0) is 30.6. The van der Waals surface area contributed by atoms with Crippen LogP contribution in [0.1, 0.15) is 55.7 Å².